The quantitative estimate of drug-likeness (QED) is 0.554. The minimum Gasteiger partial charge on any atom is -0.364 e. The molecule has 3 N–H and O–H groups in total. The minimum atomic E-state index is -0.425. The summed E-state index contributed by atoms with van der Waals surface area (Å²) in [5.41, 5.74) is 8.44. The highest BCUT2D eigenvalue weighted by molar-refractivity contribution is 5.91. The molecule has 0 aromatic heterocycles. The molecule has 0 saturated carbocycles. The molecule has 1 amide bonds. The number of allylic oxidation sites excluding steroid dienone is 2. The van der Waals surface area contributed by atoms with Crippen LogP contribution in [-0.4, -0.2) is 17.0 Å². The van der Waals surface area contributed by atoms with Gasteiger partial charge in [-0.2, -0.15) is 0 Å². The van der Waals surface area contributed by atoms with Crippen LogP contribution >= 0.6 is 0 Å². The Kier molecular flexibility index (Phi) is 1.40. The van der Waals surface area contributed by atoms with Crippen LogP contribution in [0.2, 0.25) is 0 Å². The Morgan fingerprint density at radius 1 is 1.58 bits per heavy atom. The zero-order chi connectivity index (χ0) is 8.55. The van der Waals surface area contributed by atoms with E-state index in [2.05, 4.69) is 5.43 Å². The Morgan fingerprint density at radius 2 is 2.42 bits per heavy atom. The molecule has 0 aromatic rings. The van der Waals surface area contributed by atoms with Crippen LogP contribution < -0.4 is 11.2 Å². The van der Waals surface area contributed by atoms with Gasteiger partial charge in [-0.3, -0.25) is 15.2 Å². The van der Waals surface area contributed by atoms with Gasteiger partial charge in [0.1, 0.15) is 5.70 Å². The van der Waals surface area contributed by atoms with Crippen LogP contribution in [0.3, 0.4) is 0 Å². The van der Waals surface area contributed by atoms with E-state index in [4.69, 9.17) is 5.73 Å². The third-order valence-electron chi connectivity index (χ3n) is 1.84. The van der Waals surface area contributed by atoms with Crippen molar-refractivity contribution in [2.45, 2.75) is 6.04 Å². The Hall–Kier alpha value is -1.71. The fourth-order valence-electron chi connectivity index (χ4n) is 1.24. The van der Waals surface area contributed by atoms with Gasteiger partial charge < -0.3 is 5.73 Å². The molecule has 0 radical (unpaired) electrons. The lowest BCUT2D eigenvalue weighted by Crippen LogP contribution is -2.36. The molecule has 62 valence electrons. The highest BCUT2D eigenvalue weighted by Gasteiger charge is 2.22. The smallest absolute Gasteiger partial charge is 0.266 e. The number of nitrogens with two attached hydrogens (primary N) is 1. The van der Waals surface area contributed by atoms with E-state index in [0.29, 0.717) is 5.70 Å². The van der Waals surface area contributed by atoms with E-state index in [-0.39, 0.29) is 6.04 Å². The van der Waals surface area contributed by atoms with Crippen molar-refractivity contribution >= 4 is 5.91 Å². The first-order valence-corrected chi connectivity index (χ1v) is 3.69. The van der Waals surface area contributed by atoms with Crippen LogP contribution in [-0.2, 0) is 4.79 Å². The summed E-state index contributed by atoms with van der Waals surface area (Å²) in [6, 6.07) is 0.123. The predicted molar refractivity (Wildman–Crippen MR) is 44.3 cm³/mol. The number of fused-ring (bicyclic) bond motifs is 1. The number of nitrogens with zero attached hydrogens (tertiary/aromatic N) is 1. The molecule has 0 bridgehead atoms. The molecular weight excluding hydrogens is 154 g/mol. The van der Waals surface area contributed by atoms with Crippen LogP contribution in [0.1, 0.15) is 0 Å². The van der Waals surface area contributed by atoms with Gasteiger partial charge in [-0.25, -0.2) is 0 Å². The number of rotatable bonds is 1. The van der Waals surface area contributed by atoms with Crippen molar-refractivity contribution in [1.29, 1.82) is 0 Å². The summed E-state index contributed by atoms with van der Waals surface area (Å²) in [6.45, 7) is 0. The largest absolute Gasteiger partial charge is 0.364 e. The first-order valence-electron chi connectivity index (χ1n) is 3.69. The maximum atomic E-state index is 10.8. The molecule has 4 heteroatoms. The predicted octanol–water partition coefficient (Wildman–Crippen LogP) is -0.372. The summed E-state index contributed by atoms with van der Waals surface area (Å²) in [7, 11) is 0. The van der Waals surface area contributed by atoms with Crippen molar-refractivity contribution in [3.8, 4) is 0 Å². The molecule has 2 heterocycles. The second-order valence-corrected chi connectivity index (χ2v) is 2.68. The maximum absolute atomic E-state index is 10.8. The molecular formula is C8H9N3O. The van der Waals surface area contributed by atoms with Gasteiger partial charge in [-0.1, -0.05) is 12.2 Å². The van der Waals surface area contributed by atoms with Crippen LogP contribution in [0.4, 0.5) is 0 Å². The molecule has 4 nitrogen and oxygen atoms in total. The Balaban J connectivity index is 2.21. The van der Waals surface area contributed by atoms with Crippen molar-refractivity contribution in [1.82, 2.24) is 10.4 Å². The van der Waals surface area contributed by atoms with Gasteiger partial charge >= 0.3 is 0 Å². The van der Waals surface area contributed by atoms with E-state index in [0.717, 1.165) is 0 Å². The number of carbonyl (C=O) groups is 1. The lowest BCUT2D eigenvalue weighted by molar-refractivity contribution is -0.115. The summed E-state index contributed by atoms with van der Waals surface area (Å²) in [6.07, 6.45) is 9.45. The Morgan fingerprint density at radius 3 is 3.08 bits per heavy atom. The summed E-state index contributed by atoms with van der Waals surface area (Å²) in [5, 5.41) is 1.82. The van der Waals surface area contributed by atoms with Crippen LogP contribution in [0, 0.1) is 0 Å². The molecule has 0 aromatic carbocycles. The van der Waals surface area contributed by atoms with E-state index in [1.54, 1.807) is 6.08 Å². The Bertz CT molecular complexity index is 303. The first-order chi connectivity index (χ1) is 5.77. The van der Waals surface area contributed by atoms with Gasteiger partial charge in [-0.15, -0.1) is 0 Å². The van der Waals surface area contributed by atoms with Gasteiger partial charge in [0.25, 0.3) is 5.91 Å². The number of hydrazine groups is 1. The molecule has 1 atom stereocenters. The number of nitrogens with one attached hydrogen (secondary N) is 1. The summed E-state index contributed by atoms with van der Waals surface area (Å²) >= 11 is 0. The van der Waals surface area contributed by atoms with Crippen molar-refractivity contribution in [2.24, 2.45) is 5.73 Å². The number of hydrogen-bond donors (Lipinski definition) is 2. The molecule has 2 rings (SSSR count). The molecule has 2 aliphatic heterocycles. The SMILES string of the molecule is NC(=O)C1=CC2C=CC=CN2N1. The first kappa shape index (κ1) is 6.97. The van der Waals surface area contributed by atoms with Gasteiger partial charge in [0.15, 0.2) is 0 Å². The lowest BCUT2D eigenvalue weighted by atomic mass is 10.2. The molecule has 0 fully saturated rings. The summed E-state index contributed by atoms with van der Waals surface area (Å²) < 4.78 is 0. The van der Waals surface area contributed by atoms with Gasteiger partial charge in [0.2, 0.25) is 0 Å². The van der Waals surface area contributed by atoms with E-state index in [1.165, 1.54) is 0 Å². The van der Waals surface area contributed by atoms with Crippen molar-refractivity contribution in [3.05, 3.63) is 36.2 Å². The van der Waals surface area contributed by atoms with E-state index < -0.39 is 5.91 Å². The number of amides is 1. The summed E-state index contributed by atoms with van der Waals surface area (Å²) in [5.74, 6) is -0.425. The fraction of sp³-hybridized carbons (Fsp3) is 0.125. The average molecular weight is 163 g/mol. The second kappa shape index (κ2) is 2.41. The normalized spacial score (nSPS) is 24.8. The van der Waals surface area contributed by atoms with E-state index in [9.17, 15) is 4.79 Å². The molecule has 12 heavy (non-hydrogen) atoms. The van der Waals surface area contributed by atoms with Crippen LogP contribution in [0.5, 0.6) is 0 Å². The van der Waals surface area contributed by atoms with Gasteiger partial charge in [0.05, 0.1) is 6.04 Å². The number of hydrogen-bond acceptors (Lipinski definition) is 3. The van der Waals surface area contributed by atoms with Crippen molar-refractivity contribution in [3.63, 3.8) is 0 Å². The third-order valence-corrected chi connectivity index (χ3v) is 1.84. The average Bonchev–Trinajstić information content (AvgIpc) is 2.46. The zero-order valence-electron chi connectivity index (χ0n) is 6.40. The van der Waals surface area contributed by atoms with Crippen LogP contribution in [0.15, 0.2) is 36.2 Å². The van der Waals surface area contributed by atoms with E-state index >= 15 is 0 Å². The molecule has 1 unspecified atom stereocenters. The monoisotopic (exact) mass is 163 g/mol. The topological polar surface area (TPSA) is 58.4 Å². The minimum absolute atomic E-state index is 0.123. The van der Waals surface area contributed by atoms with Crippen molar-refractivity contribution in [2.75, 3.05) is 0 Å². The standard InChI is InChI=1S/C8H9N3O/c9-8(12)7-5-6-3-1-2-4-11(6)10-7/h1-6,10H,(H2,9,12). The molecule has 0 aliphatic carbocycles. The maximum Gasteiger partial charge on any atom is 0.266 e. The molecule has 0 saturated heterocycles. The molecule has 2 aliphatic rings. The Labute approximate surface area is 70.0 Å². The fourth-order valence-corrected chi connectivity index (χ4v) is 1.24. The van der Waals surface area contributed by atoms with Crippen LogP contribution in [0.25, 0.3) is 0 Å². The van der Waals surface area contributed by atoms with Gasteiger partial charge in [0, 0.05) is 6.20 Å². The van der Waals surface area contributed by atoms with Gasteiger partial charge in [-0.05, 0) is 12.2 Å². The second-order valence-electron chi connectivity index (χ2n) is 2.68. The summed E-state index contributed by atoms with van der Waals surface area (Å²) in [4.78, 5) is 10.8. The third kappa shape index (κ3) is 0.972. The van der Waals surface area contributed by atoms with Crippen molar-refractivity contribution < 1.29 is 4.79 Å². The highest BCUT2D eigenvalue weighted by atomic mass is 16.1. The number of carbonyl (C=O) groups excluding carboxylic acids is 1. The highest BCUT2D eigenvalue weighted by Crippen LogP contribution is 2.15. The number of primary amides is 1. The zero-order valence-corrected chi connectivity index (χ0v) is 6.40. The molecule has 0 spiro atoms. The lowest BCUT2D eigenvalue weighted by Gasteiger charge is -2.22. The van der Waals surface area contributed by atoms with E-state index in [1.807, 2.05) is 29.4 Å².